The Morgan fingerprint density at radius 2 is 1.90 bits per heavy atom. The second-order valence-electron chi connectivity index (χ2n) is 4.16. The van der Waals surface area contributed by atoms with E-state index >= 15 is 0 Å². The van der Waals surface area contributed by atoms with Gasteiger partial charge < -0.3 is 15.2 Å². The first kappa shape index (κ1) is 16.0. The van der Waals surface area contributed by atoms with Crippen LogP contribution in [0.3, 0.4) is 0 Å². The van der Waals surface area contributed by atoms with Crippen molar-refractivity contribution in [2.24, 2.45) is 0 Å². The standard InChI is InChI=1S/C13H15F2NO4/c1-7(11-8(14)4-3-5-9(11)15)12(17)16-6-10(20-2)13(18)19/h3-5,7,10H,6H2,1-2H3,(H,16,17)(H,18,19). The average molecular weight is 287 g/mol. The zero-order valence-corrected chi connectivity index (χ0v) is 11.0. The molecule has 20 heavy (non-hydrogen) atoms. The van der Waals surface area contributed by atoms with E-state index in [4.69, 9.17) is 5.11 Å². The zero-order valence-electron chi connectivity index (χ0n) is 11.0. The molecule has 0 radical (unpaired) electrons. The number of rotatable bonds is 6. The van der Waals surface area contributed by atoms with Gasteiger partial charge >= 0.3 is 5.97 Å². The number of carboxylic acid groups (broad SMARTS) is 1. The second kappa shape index (κ2) is 6.95. The van der Waals surface area contributed by atoms with Gasteiger partial charge in [-0.25, -0.2) is 13.6 Å². The molecule has 2 unspecified atom stereocenters. The first-order valence-electron chi connectivity index (χ1n) is 5.85. The maximum Gasteiger partial charge on any atom is 0.334 e. The first-order chi connectivity index (χ1) is 9.38. The molecule has 0 saturated heterocycles. The summed E-state index contributed by atoms with van der Waals surface area (Å²) in [5.74, 6) is -4.65. The molecule has 0 heterocycles. The van der Waals surface area contributed by atoms with Crippen molar-refractivity contribution < 1.29 is 28.2 Å². The maximum absolute atomic E-state index is 13.5. The van der Waals surface area contributed by atoms with Gasteiger partial charge in [-0.05, 0) is 19.1 Å². The number of carbonyl (C=O) groups is 2. The minimum absolute atomic E-state index is 0.287. The first-order valence-corrected chi connectivity index (χ1v) is 5.85. The van der Waals surface area contributed by atoms with Crippen molar-refractivity contribution in [3.05, 3.63) is 35.4 Å². The summed E-state index contributed by atoms with van der Waals surface area (Å²) in [5.41, 5.74) is -0.353. The molecule has 0 spiro atoms. The predicted molar refractivity (Wildman–Crippen MR) is 66.2 cm³/mol. The van der Waals surface area contributed by atoms with E-state index in [1.807, 2.05) is 0 Å². The van der Waals surface area contributed by atoms with E-state index < -0.39 is 35.5 Å². The third-order valence-corrected chi connectivity index (χ3v) is 2.85. The molecule has 110 valence electrons. The van der Waals surface area contributed by atoms with E-state index in [9.17, 15) is 18.4 Å². The molecule has 1 aromatic rings. The number of benzene rings is 1. The van der Waals surface area contributed by atoms with E-state index in [0.717, 1.165) is 12.1 Å². The summed E-state index contributed by atoms with van der Waals surface area (Å²) in [6.45, 7) is 1.05. The summed E-state index contributed by atoms with van der Waals surface area (Å²) < 4.78 is 31.7. The fraction of sp³-hybridized carbons (Fsp3) is 0.385. The molecule has 1 aromatic carbocycles. The Morgan fingerprint density at radius 3 is 2.35 bits per heavy atom. The van der Waals surface area contributed by atoms with Gasteiger partial charge in [-0.2, -0.15) is 0 Å². The molecule has 5 nitrogen and oxygen atoms in total. The zero-order chi connectivity index (χ0) is 15.3. The molecule has 0 aliphatic rings. The minimum Gasteiger partial charge on any atom is -0.479 e. The summed E-state index contributed by atoms with van der Waals surface area (Å²) in [6.07, 6.45) is -1.21. The van der Waals surface area contributed by atoms with Gasteiger partial charge in [0.1, 0.15) is 11.6 Å². The van der Waals surface area contributed by atoms with E-state index in [2.05, 4.69) is 10.1 Å². The highest BCUT2D eigenvalue weighted by Crippen LogP contribution is 2.22. The monoisotopic (exact) mass is 287 g/mol. The highest BCUT2D eigenvalue weighted by molar-refractivity contribution is 5.84. The Bertz CT molecular complexity index is 487. The Morgan fingerprint density at radius 1 is 1.35 bits per heavy atom. The molecule has 0 bridgehead atoms. The van der Waals surface area contributed by atoms with Crippen LogP contribution in [-0.4, -0.2) is 36.7 Å². The highest BCUT2D eigenvalue weighted by Gasteiger charge is 2.24. The van der Waals surface area contributed by atoms with Crippen molar-refractivity contribution in [1.82, 2.24) is 5.32 Å². The number of carboxylic acids is 1. The third kappa shape index (κ3) is 3.74. The number of halogens is 2. The number of hydrogen-bond donors (Lipinski definition) is 2. The predicted octanol–water partition coefficient (Wildman–Crippen LogP) is 1.28. The Labute approximate surface area is 114 Å². The Kier molecular flexibility index (Phi) is 5.57. The van der Waals surface area contributed by atoms with Crippen LogP contribution in [0.4, 0.5) is 8.78 Å². The summed E-state index contributed by atoms with van der Waals surface area (Å²) in [6, 6.07) is 3.30. The summed E-state index contributed by atoms with van der Waals surface area (Å²) in [7, 11) is 1.19. The van der Waals surface area contributed by atoms with Gasteiger partial charge in [0.05, 0.1) is 12.5 Å². The lowest BCUT2D eigenvalue weighted by Gasteiger charge is -2.16. The molecule has 0 aliphatic heterocycles. The van der Waals surface area contributed by atoms with Crippen LogP contribution in [0.15, 0.2) is 18.2 Å². The molecule has 1 rings (SSSR count). The number of aliphatic carboxylic acids is 1. The molecule has 0 fully saturated rings. The van der Waals surface area contributed by atoms with E-state index in [1.54, 1.807) is 0 Å². The SMILES string of the molecule is COC(CNC(=O)C(C)c1c(F)cccc1F)C(=O)O. The van der Waals surface area contributed by atoms with Crippen molar-refractivity contribution >= 4 is 11.9 Å². The van der Waals surface area contributed by atoms with Gasteiger partial charge in [-0.3, -0.25) is 4.79 Å². The summed E-state index contributed by atoms with van der Waals surface area (Å²) >= 11 is 0. The largest absolute Gasteiger partial charge is 0.479 e. The number of carbonyl (C=O) groups excluding carboxylic acids is 1. The third-order valence-electron chi connectivity index (χ3n) is 2.85. The van der Waals surface area contributed by atoms with Crippen molar-refractivity contribution in [3.8, 4) is 0 Å². The fourth-order valence-corrected chi connectivity index (χ4v) is 1.67. The maximum atomic E-state index is 13.5. The lowest BCUT2D eigenvalue weighted by molar-refractivity contribution is -0.148. The smallest absolute Gasteiger partial charge is 0.334 e. The van der Waals surface area contributed by atoms with Gasteiger partial charge in [-0.15, -0.1) is 0 Å². The molecule has 2 atom stereocenters. The number of amides is 1. The van der Waals surface area contributed by atoms with Crippen LogP contribution in [0.5, 0.6) is 0 Å². The van der Waals surface area contributed by atoms with Crippen LogP contribution in [0, 0.1) is 11.6 Å². The molecular formula is C13H15F2NO4. The van der Waals surface area contributed by atoms with Crippen LogP contribution in [0.1, 0.15) is 18.4 Å². The highest BCUT2D eigenvalue weighted by atomic mass is 19.1. The van der Waals surface area contributed by atoms with E-state index in [1.165, 1.54) is 20.1 Å². The van der Waals surface area contributed by atoms with Gasteiger partial charge in [0, 0.05) is 12.7 Å². The van der Waals surface area contributed by atoms with Gasteiger partial charge in [0.2, 0.25) is 5.91 Å². The molecule has 0 aliphatic carbocycles. The fourth-order valence-electron chi connectivity index (χ4n) is 1.67. The average Bonchev–Trinajstić information content (AvgIpc) is 2.38. The molecule has 1 amide bonds. The summed E-state index contributed by atoms with van der Waals surface area (Å²) in [5, 5.41) is 11.0. The number of nitrogens with one attached hydrogen (secondary N) is 1. The van der Waals surface area contributed by atoms with Crippen molar-refractivity contribution in [2.75, 3.05) is 13.7 Å². The molecule has 0 aromatic heterocycles. The van der Waals surface area contributed by atoms with E-state index in [-0.39, 0.29) is 12.1 Å². The molecule has 2 N–H and O–H groups in total. The quantitative estimate of drug-likeness (QED) is 0.826. The van der Waals surface area contributed by atoms with Gasteiger partial charge in [-0.1, -0.05) is 6.07 Å². The van der Waals surface area contributed by atoms with Crippen molar-refractivity contribution in [1.29, 1.82) is 0 Å². The van der Waals surface area contributed by atoms with Crippen LogP contribution >= 0.6 is 0 Å². The van der Waals surface area contributed by atoms with Crippen molar-refractivity contribution in [3.63, 3.8) is 0 Å². The number of hydrogen-bond acceptors (Lipinski definition) is 3. The van der Waals surface area contributed by atoms with Crippen LogP contribution in [0.25, 0.3) is 0 Å². The van der Waals surface area contributed by atoms with Crippen molar-refractivity contribution in [2.45, 2.75) is 18.9 Å². The Hall–Kier alpha value is -2.02. The van der Waals surface area contributed by atoms with Gasteiger partial charge in [0.15, 0.2) is 6.10 Å². The lowest BCUT2D eigenvalue weighted by Crippen LogP contribution is -2.39. The Balaban J connectivity index is 2.75. The van der Waals surface area contributed by atoms with E-state index in [0.29, 0.717) is 0 Å². The number of methoxy groups -OCH3 is 1. The normalized spacial score (nSPS) is 13.6. The molecular weight excluding hydrogens is 272 g/mol. The second-order valence-corrected chi connectivity index (χ2v) is 4.16. The summed E-state index contributed by atoms with van der Waals surface area (Å²) in [4.78, 5) is 22.5. The van der Waals surface area contributed by atoms with Crippen LogP contribution < -0.4 is 5.32 Å². The van der Waals surface area contributed by atoms with Gasteiger partial charge in [0.25, 0.3) is 0 Å². The molecule has 0 saturated carbocycles. The number of ether oxygens (including phenoxy) is 1. The van der Waals surface area contributed by atoms with Crippen LogP contribution in [0.2, 0.25) is 0 Å². The van der Waals surface area contributed by atoms with Crippen LogP contribution in [-0.2, 0) is 14.3 Å². The molecule has 7 heteroatoms. The lowest BCUT2D eigenvalue weighted by atomic mass is 9.99. The minimum atomic E-state index is -1.24. The topological polar surface area (TPSA) is 75.6 Å².